The SMILES string of the molecule is CCCC(C)(C)NC(=O)NC(CC(=O)O)C1CC1. The first-order valence-electron chi connectivity index (χ1n) is 6.64. The number of nitrogens with one attached hydrogen (secondary N) is 2. The molecular weight excluding hydrogens is 232 g/mol. The summed E-state index contributed by atoms with van der Waals surface area (Å²) in [6.07, 6.45) is 3.92. The molecule has 104 valence electrons. The van der Waals surface area contributed by atoms with Gasteiger partial charge in [0.05, 0.1) is 6.42 Å². The van der Waals surface area contributed by atoms with E-state index in [0.717, 1.165) is 25.7 Å². The Morgan fingerprint density at radius 1 is 1.39 bits per heavy atom. The number of hydrogen-bond acceptors (Lipinski definition) is 2. The van der Waals surface area contributed by atoms with Crippen LogP contribution < -0.4 is 10.6 Å². The van der Waals surface area contributed by atoms with Gasteiger partial charge >= 0.3 is 12.0 Å². The summed E-state index contributed by atoms with van der Waals surface area (Å²) in [6, 6.07) is -0.494. The predicted octanol–water partition coefficient (Wildman–Crippen LogP) is 2.12. The van der Waals surface area contributed by atoms with E-state index < -0.39 is 5.97 Å². The molecular formula is C13H24N2O3. The van der Waals surface area contributed by atoms with Crippen molar-refractivity contribution in [3.05, 3.63) is 0 Å². The van der Waals surface area contributed by atoms with Crippen LogP contribution in [0, 0.1) is 5.92 Å². The molecule has 2 amide bonds. The molecule has 0 bridgehead atoms. The smallest absolute Gasteiger partial charge is 0.315 e. The Hall–Kier alpha value is -1.26. The van der Waals surface area contributed by atoms with Gasteiger partial charge in [-0.3, -0.25) is 4.79 Å². The average Bonchev–Trinajstić information content (AvgIpc) is 2.96. The lowest BCUT2D eigenvalue weighted by molar-refractivity contribution is -0.137. The Morgan fingerprint density at radius 2 is 2.00 bits per heavy atom. The van der Waals surface area contributed by atoms with Gasteiger partial charge < -0.3 is 15.7 Å². The number of carbonyl (C=O) groups is 2. The van der Waals surface area contributed by atoms with Crippen LogP contribution in [0.1, 0.15) is 52.9 Å². The maximum absolute atomic E-state index is 11.8. The lowest BCUT2D eigenvalue weighted by Gasteiger charge is -2.27. The Bertz CT molecular complexity index is 311. The monoisotopic (exact) mass is 256 g/mol. The van der Waals surface area contributed by atoms with Crippen LogP contribution in [-0.4, -0.2) is 28.7 Å². The van der Waals surface area contributed by atoms with Gasteiger partial charge in [-0.1, -0.05) is 13.3 Å². The third-order valence-corrected chi connectivity index (χ3v) is 3.23. The van der Waals surface area contributed by atoms with E-state index in [0.29, 0.717) is 5.92 Å². The normalized spacial score (nSPS) is 17.1. The molecule has 1 saturated carbocycles. The van der Waals surface area contributed by atoms with Crippen molar-refractivity contribution < 1.29 is 14.7 Å². The van der Waals surface area contributed by atoms with Gasteiger partial charge in [-0.2, -0.15) is 0 Å². The number of carboxylic acid groups (broad SMARTS) is 1. The molecule has 1 rings (SSSR count). The molecule has 5 nitrogen and oxygen atoms in total. The Balaban J connectivity index is 2.43. The number of carbonyl (C=O) groups excluding carboxylic acids is 1. The lowest BCUT2D eigenvalue weighted by Crippen LogP contribution is -2.51. The Morgan fingerprint density at radius 3 is 2.44 bits per heavy atom. The molecule has 0 aromatic rings. The fourth-order valence-electron chi connectivity index (χ4n) is 2.22. The number of rotatable bonds is 7. The molecule has 0 aromatic carbocycles. The Labute approximate surface area is 108 Å². The lowest BCUT2D eigenvalue weighted by atomic mass is 9.99. The zero-order valence-corrected chi connectivity index (χ0v) is 11.5. The summed E-state index contributed by atoms with van der Waals surface area (Å²) in [6.45, 7) is 6.01. The van der Waals surface area contributed by atoms with Crippen LogP contribution in [0.3, 0.4) is 0 Å². The topological polar surface area (TPSA) is 78.4 Å². The summed E-state index contributed by atoms with van der Waals surface area (Å²) in [4.78, 5) is 22.6. The van der Waals surface area contributed by atoms with Gasteiger partial charge in [0.25, 0.3) is 0 Å². The maximum Gasteiger partial charge on any atom is 0.315 e. The van der Waals surface area contributed by atoms with E-state index in [1.165, 1.54) is 0 Å². The second-order valence-electron chi connectivity index (χ2n) is 5.77. The van der Waals surface area contributed by atoms with Gasteiger partial charge in [-0.05, 0) is 39.0 Å². The first kappa shape index (κ1) is 14.8. The van der Waals surface area contributed by atoms with Crippen LogP contribution in [0.15, 0.2) is 0 Å². The maximum atomic E-state index is 11.8. The zero-order valence-electron chi connectivity index (χ0n) is 11.5. The largest absolute Gasteiger partial charge is 0.481 e. The first-order chi connectivity index (χ1) is 8.34. The van der Waals surface area contributed by atoms with Crippen molar-refractivity contribution in [2.75, 3.05) is 0 Å². The van der Waals surface area contributed by atoms with Crippen molar-refractivity contribution in [2.24, 2.45) is 5.92 Å². The Kier molecular flexibility index (Phi) is 4.99. The standard InChI is InChI=1S/C13H24N2O3/c1-4-7-13(2,3)15-12(18)14-10(8-11(16)17)9-5-6-9/h9-10H,4-8H2,1-3H3,(H,16,17)(H2,14,15,18). The minimum Gasteiger partial charge on any atom is -0.481 e. The van der Waals surface area contributed by atoms with Crippen molar-refractivity contribution in [3.63, 3.8) is 0 Å². The number of amides is 2. The van der Waals surface area contributed by atoms with E-state index in [9.17, 15) is 9.59 Å². The van der Waals surface area contributed by atoms with Crippen LogP contribution in [0.25, 0.3) is 0 Å². The highest BCUT2D eigenvalue weighted by atomic mass is 16.4. The van der Waals surface area contributed by atoms with Crippen LogP contribution in [-0.2, 0) is 4.79 Å². The third-order valence-electron chi connectivity index (χ3n) is 3.23. The van der Waals surface area contributed by atoms with E-state index >= 15 is 0 Å². The highest BCUT2D eigenvalue weighted by Gasteiger charge is 2.34. The minimum absolute atomic E-state index is 0.00624. The van der Waals surface area contributed by atoms with Crippen molar-refractivity contribution in [3.8, 4) is 0 Å². The van der Waals surface area contributed by atoms with Crippen molar-refractivity contribution >= 4 is 12.0 Å². The average molecular weight is 256 g/mol. The van der Waals surface area contributed by atoms with Gasteiger partial charge in [-0.25, -0.2) is 4.79 Å². The number of aliphatic carboxylic acids is 1. The van der Waals surface area contributed by atoms with Gasteiger partial charge in [0.1, 0.15) is 0 Å². The summed E-state index contributed by atoms with van der Waals surface area (Å²) in [5.41, 5.74) is -0.254. The summed E-state index contributed by atoms with van der Waals surface area (Å²) in [7, 11) is 0. The number of carboxylic acids is 1. The van der Waals surface area contributed by atoms with Crippen LogP contribution in [0.5, 0.6) is 0 Å². The number of urea groups is 1. The molecule has 0 aromatic heterocycles. The van der Waals surface area contributed by atoms with Crippen LogP contribution in [0.2, 0.25) is 0 Å². The molecule has 0 aliphatic heterocycles. The summed E-state index contributed by atoms with van der Waals surface area (Å²) in [5, 5.41) is 14.5. The molecule has 0 radical (unpaired) electrons. The minimum atomic E-state index is -0.861. The van der Waals surface area contributed by atoms with Crippen LogP contribution >= 0.6 is 0 Å². The van der Waals surface area contributed by atoms with Gasteiger partial charge in [0, 0.05) is 11.6 Å². The van der Waals surface area contributed by atoms with Gasteiger partial charge in [0.2, 0.25) is 0 Å². The number of hydrogen-bond donors (Lipinski definition) is 3. The molecule has 1 atom stereocenters. The predicted molar refractivity (Wildman–Crippen MR) is 69.4 cm³/mol. The molecule has 5 heteroatoms. The summed E-state index contributed by atoms with van der Waals surface area (Å²) < 4.78 is 0. The van der Waals surface area contributed by atoms with E-state index in [1.807, 2.05) is 13.8 Å². The molecule has 1 aliphatic rings. The molecule has 0 heterocycles. The fraction of sp³-hybridized carbons (Fsp3) is 0.846. The molecule has 1 unspecified atom stereocenters. The zero-order chi connectivity index (χ0) is 13.8. The molecule has 0 spiro atoms. The van der Waals surface area contributed by atoms with Crippen molar-refractivity contribution in [1.82, 2.24) is 10.6 Å². The van der Waals surface area contributed by atoms with E-state index in [1.54, 1.807) is 0 Å². The van der Waals surface area contributed by atoms with Crippen molar-refractivity contribution in [1.29, 1.82) is 0 Å². The molecule has 1 fully saturated rings. The molecule has 18 heavy (non-hydrogen) atoms. The fourth-order valence-corrected chi connectivity index (χ4v) is 2.22. The quantitative estimate of drug-likeness (QED) is 0.653. The van der Waals surface area contributed by atoms with E-state index in [2.05, 4.69) is 17.6 Å². The highest BCUT2D eigenvalue weighted by Crippen LogP contribution is 2.34. The van der Waals surface area contributed by atoms with Gasteiger partial charge in [0.15, 0.2) is 0 Å². The summed E-state index contributed by atoms with van der Waals surface area (Å²) in [5.74, 6) is -0.527. The summed E-state index contributed by atoms with van der Waals surface area (Å²) >= 11 is 0. The van der Waals surface area contributed by atoms with Gasteiger partial charge in [-0.15, -0.1) is 0 Å². The first-order valence-corrected chi connectivity index (χ1v) is 6.64. The van der Waals surface area contributed by atoms with Crippen molar-refractivity contribution in [2.45, 2.75) is 64.5 Å². The molecule has 1 aliphatic carbocycles. The molecule has 0 saturated heterocycles. The van der Waals surface area contributed by atoms with Crippen LogP contribution in [0.4, 0.5) is 4.79 Å². The molecule has 3 N–H and O–H groups in total. The van der Waals surface area contributed by atoms with E-state index in [-0.39, 0.29) is 24.0 Å². The highest BCUT2D eigenvalue weighted by molar-refractivity contribution is 5.76. The second kappa shape index (κ2) is 6.07. The third kappa shape index (κ3) is 5.38. The second-order valence-corrected chi connectivity index (χ2v) is 5.77. The van der Waals surface area contributed by atoms with E-state index in [4.69, 9.17) is 5.11 Å².